The smallest absolute Gasteiger partial charge is 0.264 e. The first kappa shape index (κ1) is 25.4. The molecular weight excluding hydrogens is 385 g/mol. The summed E-state index contributed by atoms with van der Waals surface area (Å²) >= 11 is 0. The summed E-state index contributed by atoms with van der Waals surface area (Å²) in [6.07, 6.45) is 16.4. The Hall–Kier alpha value is -2.68. The van der Waals surface area contributed by atoms with Crippen molar-refractivity contribution in [3.05, 3.63) is 58.2 Å². The van der Waals surface area contributed by atoms with E-state index in [0.717, 1.165) is 56.1 Å². The molecule has 1 aliphatic carbocycles. The molecule has 0 radical (unpaired) electrons. The van der Waals surface area contributed by atoms with Gasteiger partial charge in [0.1, 0.15) is 0 Å². The predicted octanol–water partition coefficient (Wildman–Crippen LogP) is 6.21. The third kappa shape index (κ3) is 9.69. The number of halogens is 1. The van der Waals surface area contributed by atoms with E-state index in [0.29, 0.717) is 19.3 Å². The van der Waals surface area contributed by atoms with Gasteiger partial charge in [0.25, 0.3) is 0 Å². The highest BCUT2D eigenvalue weighted by molar-refractivity contribution is 5.83. The van der Waals surface area contributed by atoms with Gasteiger partial charge in [-0.1, -0.05) is 63.2 Å². The van der Waals surface area contributed by atoms with Gasteiger partial charge in [0.15, 0.2) is 0 Å². The standard InChI is InChI=1S/C24H32FNO4/c1-3-5-17-22(26(28)29)18-12-7-6-9-14-20(13-4-2)23(19-24(27)30-25)21-15-10-8-11-16-21/h4,9,13-14,19,21-22H,2-3,5,8,10-12,15-18H2,1H3/b14-9+,20-13+,23-19+. The molecule has 1 fully saturated rings. The molecule has 1 atom stereocenters. The van der Waals surface area contributed by atoms with Crippen LogP contribution in [0.25, 0.3) is 0 Å². The van der Waals surface area contributed by atoms with Crippen molar-refractivity contribution in [3.63, 3.8) is 0 Å². The van der Waals surface area contributed by atoms with E-state index in [2.05, 4.69) is 23.4 Å². The summed E-state index contributed by atoms with van der Waals surface area (Å²) in [5.74, 6) is 4.98. The number of rotatable bonds is 11. The van der Waals surface area contributed by atoms with Crippen LogP contribution in [0.4, 0.5) is 4.53 Å². The highest BCUT2D eigenvalue weighted by Crippen LogP contribution is 2.34. The molecule has 0 saturated heterocycles. The number of carbonyl (C=O) groups is 1. The van der Waals surface area contributed by atoms with Crippen molar-refractivity contribution in [2.24, 2.45) is 5.92 Å². The highest BCUT2D eigenvalue weighted by Gasteiger charge is 2.21. The van der Waals surface area contributed by atoms with Crippen molar-refractivity contribution in [1.82, 2.24) is 0 Å². The molecule has 1 saturated carbocycles. The van der Waals surface area contributed by atoms with Gasteiger partial charge >= 0.3 is 5.97 Å². The van der Waals surface area contributed by atoms with Crippen molar-refractivity contribution < 1.29 is 19.2 Å². The van der Waals surface area contributed by atoms with Crippen LogP contribution in [0.3, 0.4) is 0 Å². The normalized spacial score (nSPS) is 16.6. The third-order valence-electron chi connectivity index (χ3n) is 5.27. The lowest BCUT2D eigenvalue weighted by atomic mass is 9.80. The summed E-state index contributed by atoms with van der Waals surface area (Å²) in [7, 11) is 0. The van der Waals surface area contributed by atoms with E-state index in [9.17, 15) is 19.4 Å². The van der Waals surface area contributed by atoms with Crippen LogP contribution >= 0.6 is 0 Å². The maximum atomic E-state index is 12.3. The maximum absolute atomic E-state index is 12.3. The second-order valence-electron chi connectivity index (χ2n) is 7.46. The summed E-state index contributed by atoms with van der Waals surface area (Å²) in [6.45, 7) is 5.73. The lowest BCUT2D eigenvalue weighted by Gasteiger charge is -2.25. The average molecular weight is 418 g/mol. The molecule has 164 valence electrons. The van der Waals surface area contributed by atoms with Crippen LogP contribution in [0.1, 0.15) is 71.1 Å². The fourth-order valence-electron chi connectivity index (χ4n) is 3.67. The molecule has 0 aromatic heterocycles. The van der Waals surface area contributed by atoms with E-state index in [1.165, 1.54) is 6.08 Å². The molecule has 6 heteroatoms. The molecule has 1 rings (SSSR count). The van der Waals surface area contributed by atoms with Gasteiger partial charge in [-0.15, -0.1) is 0 Å². The minimum Gasteiger partial charge on any atom is -0.264 e. The summed E-state index contributed by atoms with van der Waals surface area (Å²) in [5.41, 5.74) is 1.46. The van der Waals surface area contributed by atoms with Gasteiger partial charge < -0.3 is 0 Å². The first-order valence-corrected chi connectivity index (χ1v) is 10.7. The largest absolute Gasteiger partial charge is 0.372 e. The summed E-state index contributed by atoms with van der Waals surface area (Å²) in [5, 5.41) is 11.1. The Morgan fingerprint density at radius 1 is 1.33 bits per heavy atom. The first-order chi connectivity index (χ1) is 14.5. The van der Waals surface area contributed by atoms with E-state index in [1.807, 2.05) is 6.92 Å². The van der Waals surface area contributed by atoms with Crippen LogP contribution in [-0.2, 0) is 9.74 Å². The number of unbranched alkanes of at least 4 members (excludes halogenated alkanes) is 1. The molecule has 1 aliphatic rings. The summed E-state index contributed by atoms with van der Waals surface area (Å²) < 4.78 is 12.3. The lowest BCUT2D eigenvalue weighted by Crippen LogP contribution is -2.18. The Bertz CT molecular complexity index is 721. The minimum absolute atomic E-state index is 0.154. The molecule has 0 heterocycles. The predicted molar refractivity (Wildman–Crippen MR) is 117 cm³/mol. The van der Waals surface area contributed by atoms with Gasteiger partial charge in [-0.2, -0.15) is 0 Å². The highest BCUT2D eigenvalue weighted by atomic mass is 19.3. The van der Waals surface area contributed by atoms with Crippen LogP contribution in [0, 0.1) is 27.9 Å². The monoisotopic (exact) mass is 417 g/mol. The molecule has 5 nitrogen and oxygen atoms in total. The number of allylic oxidation sites excluding steroid dienone is 6. The molecule has 0 aliphatic heterocycles. The Balaban J connectivity index is 2.85. The molecular formula is C24H32FNO4. The van der Waals surface area contributed by atoms with Crippen molar-refractivity contribution in [3.8, 4) is 11.8 Å². The molecule has 0 amide bonds. The first-order valence-electron chi connectivity index (χ1n) is 10.7. The maximum Gasteiger partial charge on any atom is 0.372 e. The number of carbonyl (C=O) groups excluding carboxylic acids is 1. The zero-order valence-electron chi connectivity index (χ0n) is 17.8. The zero-order chi connectivity index (χ0) is 22.2. The summed E-state index contributed by atoms with van der Waals surface area (Å²) in [4.78, 5) is 25.8. The SMILES string of the molecule is C=C/C=C(\C=C\C#CCCC(CCCC)[N+](=O)[O-])C(=C\C(=O)OF)/C1CCCCC1. The number of hydrogen-bond acceptors (Lipinski definition) is 4. The average Bonchev–Trinajstić information content (AvgIpc) is 2.75. The van der Waals surface area contributed by atoms with Gasteiger partial charge in [-0.3, -0.25) is 15.1 Å². The topological polar surface area (TPSA) is 69.4 Å². The van der Waals surface area contributed by atoms with Crippen molar-refractivity contribution >= 4 is 5.97 Å². The van der Waals surface area contributed by atoms with Crippen LogP contribution in [0.15, 0.2) is 48.1 Å². The molecule has 0 bridgehead atoms. The van der Waals surface area contributed by atoms with Gasteiger partial charge in [0.2, 0.25) is 6.04 Å². The molecule has 0 aromatic rings. The Morgan fingerprint density at radius 2 is 2.07 bits per heavy atom. The second kappa shape index (κ2) is 15.2. The van der Waals surface area contributed by atoms with Gasteiger partial charge in [-0.05, 0) is 48.5 Å². The van der Waals surface area contributed by atoms with Crippen molar-refractivity contribution in [1.29, 1.82) is 0 Å². The Morgan fingerprint density at radius 3 is 2.67 bits per heavy atom. The quantitative estimate of drug-likeness (QED) is 0.132. The van der Waals surface area contributed by atoms with Crippen molar-refractivity contribution in [2.75, 3.05) is 0 Å². The van der Waals surface area contributed by atoms with E-state index in [-0.39, 0.29) is 10.8 Å². The fourth-order valence-corrected chi connectivity index (χ4v) is 3.67. The van der Waals surface area contributed by atoms with Gasteiger partial charge in [-0.25, -0.2) is 4.79 Å². The van der Waals surface area contributed by atoms with E-state index in [4.69, 9.17) is 0 Å². The van der Waals surface area contributed by atoms with E-state index < -0.39 is 12.0 Å². The van der Waals surface area contributed by atoms with E-state index >= 15 is 0 Å². The van der Waals surface area contributed by atoms with Gasteiger partial charge in [0, 0.05) is 34.8 Å². The van der Waals surface area contributed by atoms with Crippen LogP contribution in [0.5, 0.6) is 0 Å². The second-order valence-corrected chi connectivity index (χ2v) is 7.46. The molecule has 30 heavy (non-hydrogen) atoms. The van der Waals surface area contributed by atoms with Crippen molar-refractivity contribution in [2.45, 2.75) is 77.2 Å². The van der Waals surface area contributed by atoms with Crippen LogP contribution in [0.2, 0.25) is 0 Å². The van der Waals surface area contributed by atoms with Crippen LogP contribution < -0.4 is 0 Å². The molecule has 0 N–H and O–H groups in total. The fraction of sp³-hybridized carbons (Fsp3) is 0.542. The number of nitro groups is 1. The molecule has 0 aromatic carbocycles. The Labute approximate surface area is 178 Å². The number of nitrogens with zero attached hydrogens (tertiary/aromatic N) is 1. The Kier molecular flexibility index (Phi) is 12.8. The van der Waals surface area contributed by atoms with E-state index in [1.54, 1.807) is 24.3 Å². The zero-order valence-corrected chi connectivity index (χ0v) is 17.8. The number of hydrogen-bond donors (Lipinski definition) is 0. The minimum atomic E-state index is -1.03. The van der Waals surface area contributed by atoms with Gasteiger partial charge in [0.05, 0.1) is 0 Å². The molecule has 1 unspecified atom stereocenters. The summed E-state index contributed by atoms with van der Waals surface area (Å²) in [6, 6.07) is -0.549. The van der Waals surface area contributed by atoms with Crippen LogP contribution in [-0.4, -0.2) is 16.9 Å². The lowest BCUT2D eigenvalue weighted by molar-refractivity contribution is -0.524. The molecule has 0 spiro atoms. The third-order valence-corrected chi connectivity index (χ3v) is 5.27.